The van der Waals surface area contributed by atoms with Gasteiger partial charge in [-0.1, -0.05) is 164 Å². The summed E-state index contributed by atoms with van der Waals surface area (Å²) in [5.41, 5.74) is 16.5. The summed E-state index contributed by atoms with van der Waals surface area (Å²) >= 11 is 1.86. The minimum atomic E-state index is 1.10. The van der Waals surface area contributed by atoms with Gasteiger partial charge in [0.05, 0.1) is 11.0 Å². The highest BCUT2D eigenvalue weighted by Gasteiger charge is 2.16. The average Bonchev–Trinajstić information content (AvgIpc) is 3.91. The molecule has 2 heterocycles. The Kier molecular flexibility index (Phi) is 9.06. The molecule has 0 radical (unpaired) electrons. The van der Waals surface area contributed by atoms with Crippen LogP contribution in [0.1, 0.15) is 0 Å². The third-order valence-corrected chi connectivity index (χ3v) is 13.6. The molecule has 0 saturated carbocycles. The molecule has 296 valence electrons. The Morgan fingerprint density at radius 3 is 1.16 bits per heavy atom. The number of hydrogen-bond acceptors (Lipinski definition) is 2. The number of anilines is 3. The van der Waals surface area contributed by atoms with Crippen LogP contribution < -0.4 is 4.90 Å². The average molecular weight is 821 g/mol. The van der Waals surface area contributed by atoms with Gasteiger partial charge in [0, 0.05) is 53.7 Å². The molecule has 0 fully saturated rings. The zero-order chi connectivity index (χ0) is 41.7. The monoisotopic (exact) mass is 820 g/mol. The first-order valence-electron chi connectivity index (χ1n) is 21.5. The molecule has 0 bridgehead atoms. The molecule has 63 heavy (non-hydrogen) atoms. The van der Waals surface area contributed by atoms with E-state index in [1.807, 2.05) is 11.3 Å². The predicted octanol–water partition coefficient (Wildman–Crippen LogP) is 17.3. The summed E-state index contributed by atoms with van der Waals surface area (Å²) < 4.78 is 5.02. The molecule has 10 aromatic carbocycles. The Hall–Kier alpha value is -7.98. The van der Waals surface area contributed by atoms with E-state index in [9.17, 15) is 0 Å². The SMILES string of the molecule is c1ccc(-c2ccc(-c3ccc(N(c4ccc(-c5ccc(-n6c7ccccc7c7ccccc76)cc5)cc4)c4ccc(-c5ccc6sc7ccccc7c6c5)cc4)cc3)cc2)cc1. The van der Waals surface area contributed by atoms with Gasteiger partial charge in [0.1, 0.15) is 0 Å². The zero-order valence-electron chi connectivity index (χ0n) is 34.4. The Bertz CT molecular complexity index is 3510. The molecule has 3 heteroatoms. The van der Waals surface area contributed by atoms with Crippen LogP contribution in [-0.4, -0.2) is 4.57 Å². The largest absolute Gasteiger partial charge is 0.311 e. The molecule has 0 atom stereocenters. The molecule has 0 amide bonds. The maximum Gasteiger partial charge on any atom is 0.0541 e. The number of rotatable bonds is 8. The van der Waals surface area contributed by atoms with Crippen molar-refractivity contribution >= 4 is 70.4 Å². The second-order valence-electron chi connectivity index (χ2n) is 16.1. The zero-order valence-corrected chi connectivity index (χ0v) is 35.2. The summed E-state index contributed by atoms with van der Waals surface area (Å²) in [6.07, 6.45) is 0. The Morgan fingerprint density at radius 1 is 0.270 bits per heavy atom. The smallest absolute Gasteiger partial charge is 0.0541 e. The molecule has 0 N–H and O–H groups in total. The number of para-hydroxylation sites is 2. The lowest BCUT2D eigenvalue weighted by Gasteiger charge is -2.26. The molecule has 2 nitrogen and oxygen atoms in total. The van der Waals surface area contributed by atoms with Crippen LogP contribution in [0.15, 0.2) is 243 Å². The van der Waals surface area contributed by atoms with Gasteiger partial charge < -0.3 is 9.47 Å². The molecule has 0 aliphatic heterocycles. The number of benzene rings is 10. The number of aromatic nitrogens is 1. The van der Waals surface area contributed by atoms with Crippen molar-refractivity contribution in [1.29, 1.82) is 0 Å². The molecule has 0 aliphatic rings. The van der Waals surface area contributed by atoms with Crippen molar-refractivity contribution in [3.63, 3.8) is 0 Å². The molecule has 12 rings (SSSR count). The fourth-order valence-electron chi connectivity index (χ4n) is 9.25. The van der Waals surface area contributed by atoms with Gasteiger partial charge in [-0.2, -0.15) is 0 Å². The van der Waals surface area contributed by atoms with E-state index in [0.29, 0.717) is 0 Å². The normalized spacial score (nSPS) is 11.5. The Balaban J connectivity index is 0.878. The molecule has 0 unspecified atom stereocenters. The first-order valence-corrected chi connectivity index (χ1v) is 22.3. The van der Waals surface area contributed by atoms with Crippen LogP contribution in [0.5, 0.6) is 0 Å². The van der Waals surface area contributed by atoms with E-state index in [1.54, 1.807) is 0 Å². The fraction of sp³-hybridized carbons (Fsp3) is 0. The molecule has 2 aromatic heterocycles. The van der Waals surface area contributed by atoms with Crippen LogP contribution in [0.3, 0.4) is 0 Å². The van der Waals surface area contributed by atoms with Crippen molar-refractivity contribution < 1.29 is 0 Å². The highest BCUT2D eigenvalue weighted by Crippen LogP contribution is 2.40. The lowest BCUT2D eigenvalue weighted by atomic mass is 10.00. The van der Waals surface area contributed by atoms with Gasteiger partial charge in [0.2, 0.25) is 0 Å². The number of hydrogen-bond donors (Lipinski definition) is 0. The summed E-state index contributed by atoms with van der Waals surface area (Å²) in [6.45, 7) is 0. The second-order valence-corrected chi connectivity index (χ2v) is 17.2. The van der Waals surface area contributed by atoms with Crippen LogP contribution in [-0.2, 0) is 0 Å². The molecule has 12 aromatic rings. The maximum atomic E-state index is 2.37. The summed E-state index contributed by atoms with van der Waals surface area (Å²) in [5.74, 6) is 0. The topological polar surface area (TPSA) is 8.17 Å². The minimum Gasteiger partial charge on any atom is -0.311 e. The first kappa shape index (κ1) is 36.8. The van der Waals surface area contributed by atoms with Crippen molar-refractivity contribution in [2.75, 3.05) is 4.90 Å². The van der Waals surface area contributed by atoms with E-state index in [2.05, 4.69) is 252 Å². The van der Waals surface area contributed by atoms with E-state index in [0.717, 1.165) is 22.7 Å². The van der Waals surface area contributed by atoms with Crippen molar-refractivity contribution in [3.8, 4) is 50.2 Å². The number of nitrogens with zero attached hydrogens (tertiary/aromatic N) is 2. The number of thiophene rings is 1. The maximum absolute atomic E-state index is 2.37. The van der Waals surface area contributed by atoms with E-state index < -0.39 is 0 Å². The summed E-state index contributed by atoms with van der Waals surface area (Å²) in [6, 6.07) is 88.3. The summed E-state index contributed by atoms with van der Waals surface area (Å²) in [5, 5.41) is 5.18. The summed E-state index contributed by atoms with van der Waals surface area (Å²) in [7, 11) is 0. The van der Waals surface area contributed by atoms with Gasteiger partial charge >= 0.3 is 0 Å². The van der Waals surface area contributed by atoms with Gasteiger partial charge in [-0.05, 0) is 123 Å². The van der Waals surface area contributed by atoms with Crippen LogP contribution in [0.4, 0.5) is 17.1 Å². The quantitative estimate of drug-likeness (QED) is 0.148. The van der Waals surface area contributed by atoms with E-state index in [1.165, 1.54) is 86.5 Å². The van der Waals surface area contributed by atoms with Gasteiger partial charge in [-0.15, -0.1) is 11.3 Å². The first-order chi connectivity index (χ1) is 31.2. The standard InChI is InChI=1S/C60H40N2S/c1-2-10-41(11-3-1)42-18-20-43(21-19-42)44-22-31-49(32-23-44)61(51-35-28-47(29-36-51)48-30-39-60-56(40-48)55-14-6-9-17-59(55)63-60)50-33-24-45(25-34-50)46-26-37-52(38-27-46)62-57-15-7-4-12-53(57)54-13-5-8-16-58(54)62/h1-40H. The van der Waals surface area contributed by atoms with Gasteiger partial charge in [-0.3, -0.25) is 0 Å². The molecule has 0 saturated heterocycles. The highest BCUT2D eigenvalue weighted by molar-refractivity contribution is 7.25. The van der Waals surface area contributed by atoms with E-state index in [4.69, 9.17) is 0 Å². The van der Waals surface area contributed by atoms with Crippen LogP contribution in [0.2, 0.25) is 0 Å². The van der Waals surface area contributed by atoms with Crippen molar-refractivity contribution in [1.82, 2.24) is 4.57 Å². The van der Waals surface area contributed by atoms with E-state index >= 15 is 0 Å². The Morgan fingerprint density at radius 2 is 0.635 bits per heavy atom. The van der Waals surface area contributed by atoms with Crippen LogP contribution >= 0.6 is 11.3 Å². The van der Waals surface area contributed by atoms with Crippen molar-refractivity contribution in [2.24, 2.45) is 0 Å². The Labute approximate surface area is 370 Å². The molecule has 0 aliphatic carbocycles. The fourth-order valence-corrected chi connectivity index (χ4v) is 10.3. The van der Waals surface area contributed by atoms with Gasteiger partial charge in [-0.25, -0.2) is 0 Å². The minimum absolute atomic E-state index is 1.10. The molecular formula is C60H40N2S. The summed E-state index contributed by atoms with van der Waals surface area (Å²) in [4.78, 5) is 2.36. The highest BCUT2D eigenvalue weighted by atomic mass is 32.1. The van der Waals surface area contributed by atoms with Crippen LogP contribution in [0.25, 0.3) is 92.2 Å². The lowest BCUT2D eigenvalue weighted by Crippen LogP contribution is -2.09. The molecule has 0 spiro atoms. The third kappa shape index (κ3) is 6.67. The van der Waals surface area contributed by atoms with Gasteiger partial charge in [0.25, 0.3) is 0 Å². The number of fused-ring (bicyclic) bond motifs is 6. The predicted molar refractivity (Wildman–Crippen MR) is 270 cm³/mol. The molecular weight excluding hydrogens is 781 g/mol. The van der Waals surface area contributed by atoms with Crippen molar-refractivity contribution in [2.45, 2.75) is 0 Å². The lowest BCUT2D eigenvalue weighted by molar-refractivity contribution is 1.18. The van der Waals surface area contributed by atoms with Crippen LogP contribution in [0, 0.1) is 0 Å². The van der Waals surface area contributed by atoms with E-state index in [-0.39, 0.29) is 0 Å². The van der Waals surface area contributed by atoms with Crippen molar-refractivity contribution in [3.05, 3.63) is 243 Å². The van der Waals surface area contributed by atoms with Gasteiger partial charge in [0.15, 0.2) is 0 Å². The third-order valence-electron chi connectivity index (χ3n) is 12.5. The second kappa shape index (κ2) is 15.5.